The van der Waals surface area contributed by atoms with E-state index >= 15 is 0 Å². The molecule has 0 saturated carbocycles. The average molecular weight is 324 g/mol. The lowest BCUT2D eigenvalue weighted by Gasteiger charge is -2.32. The number of hydrogen-bond acceptors (Lipinski definition) is 0. The Balaban J connectivity index is 1.77. The summed E-state index contributed by atoms with van der Waals surface area (Å²) in [5.41, 5.74) is 6.06. The monoisotopic (exact) mass is 324 g/mol. The maximum absolute atomic E-state index is 3.67. The van der Waals surface area contributed by atoms with E-state index in [1.54, 1.807) is 0 Å². The maximum atomic E-state index is 3.67. The van der Waals surface area contributed by atoms with Crippen LogP contribution < -0.4 is 0 Å². The molecule has 0 radical (unpaired) electrons. The first-order chi connectivity index (χ1) is 12.2. The Bertz CT molecular complexity index is 997. The molecular formula is C23H20N2. The first kappa shape index (κ1) is 14.4. The number of para-hydroxylation sites is 2. The number of aromatic amines is 2. The predicted octanol–water partition coefficient (Wildman–Crippen LogP) is 5.84. The normalized spacial score (nSPS) is 16.4. The first-order valence-corrected chi connectivity index (χ1v) is 8.76. The lowest BCUT2D eigenvalue weighted by Crippen LogP contribution is -2.28. The van der Waals surface area contributed by atoms with Crippen molar-refractivity contribution >= 4 is 21.8 Å². The van der Waals surface area contributed by atoms with Gasteiger partial charge in [0.05, 0.1) is 5.41 Å². The van der Waals surface area contributed by atoms with E-state index in [-0.39, 0.29) is 5.41 Å². The Hall–Kier alpha value is -3.00. The molecule has 1 aliphatic carbocycles. The van der Waals surface area contributed by atoms with Crippen molar-refractivity contribution in [2.24, 2.45) is 0 Å². The molecule has 1 aliphatic rings. The number of H-pyrrole nitrogens is 2. The predicted molar refractivity (Wildman–Crippen MR) is 105 cm³/mol. The molecule has 0 bridgehead atoms. The van der Waals surface area contributed by atoms with Crippen LogP contribution in [0.5, 0.6) is 0 Å². The second kappa shape index (κ2) is 5.25. The highest BCUT2D eigenvalue weighted by Gasteiger charge is 2.36. The van der Waals surface area contributed by atoms with Crippen molar-refractivity contribution in [2.45, 2.75) is 18.8 Å². The highest BCUT2D eigenvalue weighted by molar-refractivity contribution is 5.83. The zero-order valence-electron chi connectivity index (χ0n) is 14.2. The molecule has 2 heterocycles. The van der Waals surface area contributed by atoms with Crippen LogP contribution in [0.1, 0.15) is 24.7 Å². The molecule has 2 aromatic heterocycles. The smallest absolute Gasteiger partial charge is 0.0723 e. The molecular weight excluding hydrogens is 304 g/mol. The van der Waals surface area contributed by atoms with Gasteiger partial charge < -0.3 is 9.97 Å². The van der Waals surface area contributed by atoms with Crippen LogP contribution >= 0.6 is 0 Å². The molecule has 2 nitrogen and oxygen atoms in total. The molecule has 0 spiro atoms. The molecule has 0 saturated heterocycles. The number of allylic oxidation sites excluding steroid dienone is 4. The summed E-state index contributed by atoms with van der Waals surface area (Å²) < 4.78 is 0. The maximum Gasteiger partial charge on any atom is 0.0723 e. The summed E-state index contributed by atoms with van der Waals surface area (Å²) in [4.78, 5) is 7.34. The van der Waals surface area contributed by atoms with E-state index in [1.165, 1.54) is 38.8 Å². The summed E-state index contributed by atoms with van der Waals surface area (Å²) in [5.74, 6) is 0. The molecule has 2 N–H and O–H groups in total. The van der Waals surface area contributed by atoms with Gasteiger partial charge in [-0.2, -0.15) is 0 Å². The molecule has 0 fully saturated rings. The molecule has 0 aliphatic heterocycles. The Kier molecular flexibility index (Phi) is 3.01. The number of aromatic nitrogens is 2. The molecule has 4 aromatic rings. The third kappa shape index (κ3) is 2.18. The van der Waals surface area contributed by atoms with Gasteiger partial charge in [-0.25, -0.2) is 0 Å². The fourth-order valence-electron chi connectivity index (χ4n) is 4.08. The SMILES string of the molecule is CC1=CC=CC(c2cc3ccccc3[nH]2)(c2cc3ccccc3[nH]2)C1. The van der Waals surface area contributed by atoms with Crippen LogP contribution in [-0.2, 0) is 5.41 Å². The van der Waals surface area contributed by atoms with Crippen LogP contribution in [0.25, 0.3) is 21.8 Å². The fraction of sp³-hybridized carbons (Fsp3) is 0.130. The minimum atomic E-state index is -0.184. The fourth-order valence-corrected chi connectivity index (χ4v) is 4.08. The number of nitrogens with one attached hydrogen (secondary N) is 2. The molecule has 25 heavy (non-hydrogen) atoms. The zero-order valence-corrected chi connectivity index (χ0v) is 14.2. The molecule has 0 amide bonds. The average Bonchev–Trinajstić information content (AvgIpc) is 3.26. The van der Waals surface area contributed by atoms with Gasteiger partial charge in [-0.3, -0.25) is 0 Å². The van der Waals surface area contributed by atoms with Crippen molar-refractivity contribution in [1.82, 2.24) is 9.97 Å². The highest BCUT2D eigenvalue weighted by Crippen LogP contribution is 2.42. The summed E-state index contributed by atoms with van der Waals surface area (Å²) in [6.45, 7) is 2.21. The first-order valence-electron chi connectivity index (χ1n) is 8.76. The molecule has 2 aromatic carbocycles. The van der Waals surface area contributed by atoms with Crippen molar-refractivity contribution in [2.75, 3.05) is 0 Å². The Morgan fingerprint density at radius 3 is 1.88 bits per heavy atom. The Labute approximate surface area is 146 Å². The van der Waals surface area contributed by atoms with E-state index in [1.807, 2.05) is 0 Å². The lowest BCUT2D eigenvalue weighted by atomic mass is 9.73. The van der Waals surface area contributed by atoms with Crippen molar-refractivity contribution in [3.8, 4) is 0 Å². The summed E-state index contributed by atoms with van der Waals surface area (Å²) in [6.07, 6.45) is 7.71. The number of benzene rings is 2. The quantitative estimate of drug-likeness (QED) is 0.464. The molecule has 2 heteroatoms. The van der Waals surface area contributed by atoms with E-state index in [9.17, 15) is 0 Å². The third-order valence-corrected chi connectivity index (χ3v) is 5.34. The second-order valence-corrected chi connectivity index (χ2v) is 7.06. The molecule has 122 valence electrons. The zero-order chi connectivity index (χ0) is 16.9. The minimum absolute atomic E-state index is 0.184. The third-order valence-electron chi connectivity index (χ3n) is 5.34. The van der Waals surface area contributed by atoms with Gasteiger partial charge in [0.2, 0.25) is 0 Å². The summed E-state index contributed by atoms with van der Waals surface area (Å²) in [7, 11) is 0. The van der Waals surface area contributed by atoms with Crippen molar-refractivity contribution in [1.29, 1.82) is 0 Å². The van der Waals surface area contributed by atoms with Crippen LogP contribution in [-0.4, -0.2) is 9.97 Å². The van der Waals surface area contributed by atoms with Crippen molar-refractivity contribution in [3.63, 3.8) is 0 Å². The van der Waals surface area contributed by atoms with Gasteiger partial charge in [0.25, 0.3) is 0 Å². The standard InChI is InChI=1S/C23H20N2/c1-16-7-6-12-23(15-16,21-13-17-8-2-4-10-19(17)24-21)22-14-18-9-3-5-11-20(18)25-22/h2-14,24-25H,15H2,1H3. The largest absolute Gasteiger partial charge is 0.357 e. The van der Waals surface area contributed by atoms with Crippen LogP contribution in [0.2, 0.25) is 0 Å². The van der Waals surface area contributed by atoms with E-state index in [0.29, 0.717) is 0 Å². The van der Waals surface area contributed by atoms with E-state index < -0.39 is 0 Å². The van der Waals surface area contributed by atoms with Gasteiger partial charge in [-0.15, -0.1) is 0 Å². The number of rotatable bonds is 2. The molecule has 0 unspecified atom stereocenters. The van der Waals surface area contributed by atoms with Gasteiger partial charge in [0.15, 0.2) is 0 Å². The van der Waals surface area contributed by atoms with Crippen LogP contribution in [0.15, 0.2) is 84.5 Å². The lowest BCUT2D eigenvalue weighted by molar-refractivity contribution is 0.596. The van der Waals surface area contributed by atoms with Crippen LogP contribution in [0, 0.1) is 0 Å². The topological polar surface area (TPSA) is 31.6 Å². The van der Waals surface area contributed by atoms with Gasteiger partial charge in [0, 0.05) is 22.4 Å². The van der Waals surface area contributed by atoms with E-state index in [4.69, 9.17) is 0 Å². The van der Waals surface area contributed by atoms with Crippen molar-refractivity contribution < 1.29 is 0 Å². The van der Waals surface area contributed by atoms with Gasteiger partial charge >= 0.3 is 0 Å². The van der Waals surface area contributed by atoms with Gasteiger partial charge in [0.1, 0.15) is 0 Å². The highest BCUT2D eigenvalue weighted by atomic mass is 14.8. The number of hydrogen-bond donors (Lipinski definition) is 2. The minimum Gasteiger partial charge on any atom is -0.357 e. The Morgan fingerprint density at radius 1 is 0.800 bits per heavy atom. The summed E-state index contributed by atoms with van der Waals surface area (Å²) in [6, 6.07) is 21.6. The van der Waals surface area contributed by atoms with Gasteiger partial charge in [-0.1, -0.05) is 60.2 Å². The molecule has 5 rings (SSSR count). The Morgan fingerprint density at radius 2 is 1.36 bits per heavy atom. The summed E-state index contributed by atoms with van der Waals surface area (Å²) >= 11 is 0. The summed E-state index contributed by atoms with van der Waals surface area (Å²) in [5, 5.41) is 2.52. The van der Waals surface area contributed by atoms with E-state index in [2.05, 4.69) is 95.8 Å². The van der Waals surface area contributed by atoms with Gasteiger partial charge in [-0.05, 0) is 48.4 Å². The van der Waals surface area contributed by atoms with E-state index in [0.717, 1.165) is 6.42 Å². The van der Waals surface area contributed by atoms with Crippen LogP contribution in [0.4, 0.5) is 0 Å². The molecule has 0 atom stereocenters. The van der Waals surface area contributed by atoms with Crippen molar-refractivity contribution in [3.05, 3.63) is 95.9 Å². The second-order valence-electron chi connectivity index (χ2n) is 7.06. The number of fused-ring (bicyclic) bond motifs is 2. The van der Waals surface area contributed by atoms with Crippen LogP contribution in [0.3, 0.4) is 0 Å².